The molecule has 1 rings (SSSR count). The molecule has 0 aromatic heterocycles. The first-order valence-corrected chi connectivity index (χ1v) is 5.65. The molecule has 1 aliphatic carbocycles. The summed E-state index contributed by atoms with van der Waals surface area (Å²) in [4.78, 5) is 11.5. The van der Waals surface area contributed by atoms with Crippen LogP contribution < -0.4 is 0 Å². The Bertz CT molecular complexity index is 266. The highest BCUT2D eigenvalue weighted by atomic mass is 16.5. The minimum absolute atomic E-state index is 0.178. The van der Waals surface area contributed by atoms with E-state index in [1.807, 2.05) is 0 Å². The van der Waals surface area contributed by atoms with E-state index in [0.717, 1.165) is 12.8 Å². The van der Waals surface area contributed by atoms with E-state index in [4.69, 9.17) is 4.74 Å². The van der Waals surface area contributed by atoms with Crippen LogP contribution in [0.25, 0.3) is 0 Å². The molecule has 0 aliphatic heterocycles. The van der Waals surface area contributed by atoms with Gasteiger partial charge < -0.3 is 4.74 Å². The number of rotatable bonds is 2. The lowest BCUT2D eigenvalue weighted by molar-refractivity contribution is -0.137. The molecule has 0 aromatic carbocycles. The summed E-state index contributed by atoms with van der Waals surface area (Å²) in [6, 6.07) is 0. The van der Waals surface area contributed by atoms with E-state index in [1.165, 1.54) is 13.5 Å². The molecule has 0 heterocycles. The Hall–Kier alpha value is -0.790. The number of methoxy groups -OCH3 is 1. The molecule has 1 aliphatic rings. The molecule has 0 bridgehead atoms. The van der Waals surface area contributed by atoms with E-state index in [-0.39, 0.29) is 17.3 Å². The maximum Gasteiger partial charge on any atom is 0.333 e. The van der Waals surface area contributed by atoms with Gasteiger partial charge in [0.25, 0.3) is 0 Å². The van der Waals surface area contributed by atoms with Crippen LogP contribution in [0.3, 0.4) is 0 Å². The van der Waals surface area contributed by atoms with Gasteiger partial charge in [-0.2, -0.15) is 0 Å². The maximum atomic E-state index is 11.5. The van der Waals surface area contributed by atoms with Gasteiger partial charge in [-0.05, 0) is 30.1 Å². The van der Waals surface area contributed by atoms with E-state index in [2.05, 4.69) is 27.4 Å². The van der Waals surface area contributed by atoms with Crippen LogP contribution in [-0.4, -0.2) is 13.1 Å². The van der Waals surface area contributed by atoms with E-state index >= 15 is 0 Å². The van der Waals surface area contributed by atoms with Gasteiger partial charge in [-0.1, -0.05) is 33.8 Å². The number of carbonyl (C=O) groups is 1. The second-order valence-electron chi connectivity index (χ2n) is 5.44. The van der Waals surface area contributed by atoms with Crippen LogP contribution in [-0.2, 0) is 9.53 Å². The molecule has 0 spiro atoms. The van der Waals surface area contributed by atoms with Crippen molar-refractivity contribution in [2.75, 3.05) is 7.11 Å². The summed E-state index contributed by atoms with van der Waals surface area (Å²) in [5.74, 6) is 0.709. The van der Waals surface area contributed by atoms with Gasteiger partial charge in [0.05, 0.1) is 7.11 Å². The zero-order valence-corrected chi connectivity index (χ0v) is 10.3. The van der Waals surface area contributed by atoms with Gasteiger partial charge in [0.15, 0.2) is 0 Å². The molecular weight excluding hydrogens is 188 g/mol. The van der Waals surface area contributed by atoms with Crippen LogP contribution in [0.4, 0.5) is 0 Å². The fourth-order valence-electron chi connectivity index (χ4n) is 2.52. The van der Waals surface area contributed by atoms with Crippen molar-refractivity contribution in [3.05, 3.63) is 12.2 Å². The Kier molecular flexibility index (Phi) is 3.58. The maximum absolute atomic E-state index is 11.5. The number of esters is 1. The normalized spacial score (nSPS) is 29.6. The molecule has 86 valence electrons. The van der Waals surface area contributed by atoms with Crippen molar-refractivity contribution in [1.82, 2.24) is 0 Å². The number of hydrogen-bond acceptors (Lipinski definition) is 2. The Labute approximate surface area is 92.7 Å². The zero-order valence-electron chi connectivity index (χ0n) is 10.3. The fourth-order valence-corrected chi connectivity index (χ4v) is 2.52. The number of hydrogen-bond donors (Lipinski definition) is 0. The first-order chi connectivity index (χ1) is 6.88. The Balaban J connectivity index is 2.80. The molecule has 1 saturated carbocycles. The topological polar surface area (TPSA) is 26.3 Å². The first-order valence-electron chi connectivity index (χ1n) is 5.65. The highest BCUT2D eigenvalue weighted by Crippen LogP contribution is 2.46. The molecule has 0 aromatic rings. The Morgan fingerprint density at radius 1 is 1.47 bits per heavy atom. The minimum Gasteiger partial charge on any atom is -0.466 e. The van der Waals surface area contributed by atoms with E-state index < -0.39 is 0 Å². The summed E-state index contributed by atoms with van der Waals surface area (Å²) >= 11 is 0. The summed E-state index contributed by atoms with van der Waals surface area (Å²) in [6.07, 6.45) is 3.47. The highest BCUT2D eigenvalue weighted by molar-refractivity contribution is 5.88. The van der Waals surface area contributed by atoms with Gasteiger partial charge in [0.2, 0.25) is 0 Å². The first kappa shape index (κ1) is 12.3. The van der Waals surface area contributed by atoms with Gasteiger partial charge in [-0.3, -0.25) is 0 Å². The molecule has 1 fully saturated rings. The van der Waals surface area contributed by atoms with Crippen molar-refractivity contribution in [1.29, 1.82) is 0 Å². The van der Waals surface area contributed by atoms with Crippen molar-refractivity contribution in [2.24, 2.45) is 17.3 Å². The predicted octanol–water partition coefficient (Wildman–Crippen LogP) is 3.18. The van der Waals surface area contributed by atoms with Gasteiger partial charge >= 0.3 is 5.97 Å². The third kappa shape index (κ3) is 2.61. The lowest BCUT2D eigenvalue weighted by Crippen LogP contribution is -2.34. The molecule has 2 heteroatoms. The number of carbonyl (C=O) groups excluding carboxylic acids is 1. The SMILES string of the molecule is C=C(C(=O)OC)C1CC(C)CCC1(C)C. The van der Waals surface area contributed by atoms with Crippen molar-refractivity contribution in [2.45, 2.75) is 40.0 Å². The summed E-state index contributed by atoms with van der Waals surface area (Å²) in [5.41, 5.74) is 0.826. The predicted molar refractivity (Wildman–Crippen MR) is 61.4 cm³/mol. The van der Waals surface area contributed by atoms with E-state index in [0.29, 0.717) is 11.5 Å². The summed E-state index contributed by atoms with van der Waals surface area (Å²) in [5, 5.41) is 0. The molecule has 0 amide bonds. The Morgan fingerprint density at radius 2 is 2.07 bits per heavy atom. The summed E-state index contributed by atoms with van der Waals surface area (Å²) < 4.78 is 4.76. The summed E-state index contributed by atoms with van der Waals surface area (Å²) in [7, 11) is 1.42. The van der Waals surface area contributed by atoms with Crippen LogP contribution in [0.2, 0.25) is 0 Å². The molecule has 0 N–H and O–H groups in total. The van der Waals surface area contributed by atoms with Crippen molar-refractivity contribution >= 4 is 5.97 Å². The van der Waals surface area contributed by atoms with Gasteiger partial charge in [-0.25, -0.2) is 4.79 Å². The molecule has 2 atom stereocenters. The zero-order chi connectivity index (χ0) is 11.6. The third-order valence-corrected chi connectivity index (χ3v) is 3.73. The van der Waals surface area contributed by atoms with Gasteiger partial charge in [0, 0.05) is 5.57 Å². The van der Waals surface area contributed by atoms with Crippen molar-refractivity contribution in [3.8, 4) is 0 Å². The fraction of sp³-hybridized carbons (Fsp3) is 0.769. The van der Waals surface area contributed by atoms with Crippen LogP contribution in [0.1, 0.15) is 40.0 Å². The molecule has 0 radical (unpaired) electrons. The smallest absolute Gasteiger partial charge is 0.333 e. The average molecular weight is 210 g/mol. The average Bonchev–Trinajstić information content (AvgIpc) is 2.19. The minimum atomic E-state index is -0.248. The third-order valence-electron chi connectivity index (χ3n) is 3.73. The standard InChI is InChI=1S/C13H22O2/c1-9-6-7-13(3,4)11(8-9)10(2)12(14)15-5/h9,11H,2,6-8H2,1,3-5H3. The van der Waals surface area contributed by atoms with E-state index in [9.17, 15) is 4.79 Å². The van der Waals surface area contributed by atoms with Crippen LogP contribution in [0.15, 0.2) is 12.2 Å². The highest BCUT2D eigenvalue weighted by Gasteiger charge is 2.38. The Morgan fingerprint density at radius 3 is 2.60 bits per heavy atom. The second-order valence-corrected chi connectivity index (χ2v) is 5.44. The quantitative estimate of drug-likeness (QED) is 0.517. The second kappa shape index (κ2) is 4.38. The molecule has 0 saturated heterocycles. The monoisotopic (exact) mass is 210 g/mol. The summed E-state index contributed by atoms with van der Waals surface area (Å²) in [6.45, 7) is 10.6. The van der Waals surface area contributed by atoms with E-state index in [1.54, 1.807) is 0 Å². The number of ether oxygens (including phenoxy) is 1. The molecule has 2 nitrogen and oxygen atoms in total. The largest absolute Gasteiger partial charge is 0.466 e. The van der Waals surface area contributed by atoms with Crippen LogP contribution >= 0.6 is 0 Å². The van der Waals surface area contributed by atoms with Gasteiger partial charge in [-0.15, -0.1) is 0 Å². The van der Waals surface area contributed by atoms with Crippen LogP contribution in [0, 0.1) is 17.3 Å². The molecule has 15 heavy (non-hydrogen) atoms. The lowest BCUT2D eigenvalue weighted by Gasteiger charge is -2.41. The molecule has 2 unspecified atom stereocenters. The van der Waals surface area contributed by atoms with Crippen molar-refractivity contribution < 1.29 is 9.53 Å². The van der Waals surface area contributed by atoms with Gasteiger partial charge in [0.1, 0.15) is 0 Å². The molecular formula is C13H22O2. The van der Waals surface area contributed by atoms with Crippen LogP contribution in [0.5, 0.6) is 0 Å². The van der Waals surface area contributed by atoms with Crippen molar-refractivity contribution in [3.63, 3.8) is 0 Å². The lowest BCUT2D eigenvalue weighted by atomic mass is 9.63.